The Morgan fingerprint density at radius 2 is 1.29 bits per heavy atom. The zero-order valence-corrected chi connectivity index (χ0v) is 16.4. The molecule has 0 saturated heterocycles. The minimum Gasteiger partial charge on any atom is -0.300 e. The van der Waals surface area contributed by atoms with Crippen molar-refractivity contribution in [1.29, 1.82) is 0 Å². The van der Waals surface area contributed by atoms with Crippen molar-refractivity contribution < 1.29 is 31.1 Å². The molecule has 15 heteroatoms. The van der Waals surface area contributed by atoms with Gasteiger partial charge in [0.15, 0.2) is 17.8 Å². The van der Waals surface area contributed by atoms with Crippen LogP contribution in [-0.2, 0) is 17.1 Å². The van der Waals surface area contributed by atoms with Crippen LogP contribution in [0.3, 0.4) is 0 Å². The van der Waals surface area contributed by atoms with E-state index in [0.717, 1.165) is 9.80 Å². The highest BCUT2D eigenvalue weighted by molar-refractivity contribution is 6.33. The molecule has 0 unspecified atom stereocenters. The Balaban J connectivity index is 2.02. The summed E-state index contributed by atoms with van der Waals surface area (Å²) in [5.41, 5.74) is -0.382. The van der Waals surface area contributed by atoms with E-state index in [1.165, 1.54) is 12.4 Å². The molecule has 1 amide bonds. The van der Waals surface area contributed by atoms with Crippen LogP contribution in [0.25, 0.3) is 0 Å². The van der Waals surface area contributed by atoms with Gasteiger partial charge in [0.25, 0.3) is 5.91 Å². The number of hydrazine groups is 1. The molecule has 0 spiro atoms. The fraction of sp³-hybridized carbons (Fsp3) is 0.188. The van der Waals surface area contributed by atoms with Crippen molar-refractivity contribution in [2.24, 2.45) is 5.84 Å². The average molecular weight is 487 g/mol. The van der Waals surface area contributed by atoms with Crippen molar-refractivity contribution in [2.45, 2.75) is 18.5 Å². The van der Waals surface area contributed by atoms with E-state index in [4.69, 9.17) is 29.0 Å². The largest absolute Gasteiger partial charge is 0.417 e. The molecule has 3 heterocycles. The normalized spacial score (nSPS) is 15.0. The zero-order chi connectivity index (χ0) is 23.1. The number of hydrogen-bond donors (Lipinski definition) is 2. The number of aromatic nitrogens is 2. The molecular weight excluding hydrogens is 477 g/mol. The maximum Gasteiger partial charge on any atom is 0.417 e. The lowest BCUT2D eigenvalue weighted by molar-refractivity contribution is -0.138. The standard InChI is InChI=1S/C16H10Cl2F6N6O/c17-9-3-7(15(19,20)21)5-26-11(9)29-1-2-30(14(29)13(31)28-25)12-10(18)4-8(6-27-12)16(22,23)24/h1-6,14H,25H2,(H,28,31). The Labute approximate surface area is 180 Å². The van der Waals surface area contributed by atoms with E-state index in [0.29, 0.717) is 24.5 Å². The summed E-state index contributed by atoms with van der Waals surface area (Å²) in [5, 5.41) is -0.884. The highest BCUT2D eigenvalue weighted by Crippen LogP contribution is 2.38. The lowest BCUT2D eigenvalue weighted by atomic mass is 10.2. The van der Waals surface area contributed by atoms with Gasteiger partial charge >= 0.3 is 12.4 Å². The molecule has 0 radical (unpaired) electrons. The van der Waals surface area contributed by atoms with E-state index in [1.54, 1.807) is 0 Å². The Hall–Kier alpha value is -2.77. The van der Waals surface area contributed by atoms with Gasteiger partial charge in [-0.3, -0.25) is 10.2 Å². The summed E-state index contributed by atoms with van der Waals surface area (Å²) in [6, 6.07) is 1.22. The van der Waals surface area contributed by atoms with Gasteiger partial charge in [0.05, 0.1) is 21.2 Å². The summed E-state index contributed by atoms with van der Waals surface area (Å²) < 4.78 is 77.2. The minimum atomic E-state index is -4.70. The molecule has 1 aliphatic heterocycles. The van der Waals surface area contributed by atoms with Gasteiger partial charge in [-0.25, -0.2) is 15.8 Å². The van der Waals surface area contributed by atoms with Gasteiger partial charge in [-0.2, -0.15) is 26.3 Å². The molecule has 0 saturated carbocycles. The van der Waals surface area contributed by atoms with Crippen molar-refractivity contribution in [1.82, 2.24) is 15.4 Å². The third-order valence-electron chi connectivity index (χ3n) is 4.08. The summed E-state index contributed by atoms with van der Waals surface area (Å²) in [5.74, 6) is 3.79. The molecule has 0 aromatic carbocycles. The van der Waals surface area contributed by atoms with E-state index in [9.17, 15) is 31.1 Å². The van der Waals surface area contributed by atoms with Gasteiger partial charge in [-0.15, -0.1) is 0 Å². The second-order valence-corrected chi connectivity index (χ2v) is 6.86. The molecule has 1 aliphatic rings. The lowest BCUT2D eigenvalue weighted by Gasteiger charge is -2.30. The summed E-state index contributed by atoms with van der Waals surface area (Å²) in [7, 11) is 0. The Morgan fingerprint density at radius 3 is 1.58 bits per heavy atom. The molecule has 31 heavy (non-hydrogen) atoms. The van der Waals surface area contributed by atoms with Crippen LogP contribution in [0, 0.1) is 0 Å². The number of pyridine rings is 2. The molecule has 0 bridgehead atoms. The molecule has 2 aromatic rings. The number of alkyl halides is 6. The van der Waals surface area contributed by atoms with E-state index in [1.807, 2.05) is 5.43 Å². The Morgan fingerprint density at radius 1 is 0.903 bits per heavy atom. The number of anilines is 2. The van der Waals surface area contributed by atoms with Crippen LogP contribution in [0.1, 0.15) is 11.1 Å². The van der Waals surface area contributed by atoms with Crippen LogP contribution in [-0.4, -0.2) is 22.0 Å². The van der Waals surface area contributed by atoms with Gasteiger partial charge in [0, 0.05) is 24.8 Å². The molecule has 0 aliphatic carbocycles. The molecule has 3 rings (SSSR count). The topological polar surface area (TPSA) is 87.4 Å². The maximum absolute atomic E-state index is 12.9. The number of carbonyl (C=O) groups excluding carboxylic acids is 1. The highest BCUT2D eigenvalue weighted by Gasteiger charge is 2.39. The Bertz CT molecular complexity index is 971. The smallest absolute Gasteiger partial charge is 0.300 e. The minimum absolute atomic E-state index is 0.245. The fourth-order valence-electron chi connectivity index (χ4n) is 2.69. The molecular formula is C16H10Cl2F6N6O. The van der Waals surface area contributed by atoms with Crippen LogP contribution in [0.2, 0.25) is 10.0 Å². The second kappa shape index (κ2) is 8.05. The summed E-state index contributed by atoms with van der Waals surface area (Å²) in [6.45, 7) is 0. The van der Waals surface area contributed by atoms with Gasteiger partial charge in [-0.1, -0.05) is 23.2 Å². The third kappa shape index (κ3) is 4.48. The molecule has 7 nitrogen and oxygen atoms in total. The monoisotopic (exact) mass is 486 g/mol. The summed E-state index contributed by atoms with van der Waals surface area (Å²) in [6.07, 6.45) is -7.42. The van der Waals surface area contributed by atoms with Crippen LogP contribution in [0.5, 0.6) is 0 Å². The lowest BCUT2D eigenvalue weighted by Crippen LogP contribution is -2.53. The van der Waals surface area contributed by atoms with Gasteiger partial charge < -0.3 is 9.80 Å². The first-order chi connectivity index (χ1) is 14.3. The van der Waals surface area contributed by atoms with Crippen LogP contribution >= 0.6 is 23.2 Å². The number of hydrogen-bond acceptors (Lipinski definition) is 6. The van der Waals surface area contributed by atoms with Crippen molar-refractivity contribution in [2.75, 3.05) is 9.80 Å². The average Bonchev–Trinajstić information content (AvgIpc) is 3.10. The first kappa shape index (κ1) is 22.9. The third-order valence-corrected chi connectivity index (χ3v) is 4.64. The van der Waals surface area contributed by atoms with Gasteiger partial charge in [0.2, 0.25) is 0 Å². The van der Waals surface area contributed by atoms with E-state index < -0.39 is 45.6 Å². The number of nitrogens with zero attached hydrogens (tertiary/aromatic N) is 4. The Kier molecular flexibility index (Phi) is 5.95. The first-order valence-corrected chi connectivity index (χ1v) is 8.81. The number of carbonyl (C=O) groups is 1. The molecule has 2 aromatic heterocycles. The SMILES string of the molecule is NNC(=O)C1N(c2ncc(C(F)(F)F)cc2Cl)C=CN1c1ncc(C(F)(F)F)cc1Cl. The first-order valence-electron chi connectivity index (χ1n) is 8.05. The predicted molar refractivity (Wildman–Crippen MR) is 98.7 cm³/mol. The van der Waals surface area contributed by atoms with Crippen LogP contribution < -0.4 is 21.1 Å². The number of nitrogens with two attached hydrogens (primary N) is 1. The van der Waals surface area contributed by atoms with Crippen molar-refractivity contribution in [3.63, 3.8) is 0 Å². The molecule has 166 valence electrons. The number of rotatable bonds is 3. The molecule has 3 N–H and O–H groups in total. The van der Waals surface area contributed by atoms with Crippen molar-refractivity contribution in [3.05, 3.63) is 58.1 Å². The number of amides is 1. The molecule has 0 atom stereocenters. The summed E-state index contributed by atoms with van der Waals surface area (Å²) >= 11 is 11.9. The van der Waals surface area contributed by atoms with Crippen LogP contribution in [0.15, 0.2) is 36.9 Å². The van der Waals surface area contributed by atoms with Gasteiger partial charge in [-0.05, 0) is 12.1 Å². The van der Waals surface area contributed by atoms with E-state index in [2.05, 4.69) is 9.97 Å². The quantitative estimate of drug-likeness (QED) is 0.296. The highest BCUT2D eigenvalue weighted by atomic mass is 35.5. The van der Waals surface area contributed by atoms with Gasteiger partial charge in [0.1, 0.15) is 0 Å². The number of halogens is 8. The van der Waals surface area contributed by atoms with E-state index in [-0.39, 0.29) is 11.6 Å². The van der Waals surface area contributed by atoms with Crippen molar-refractivity contribution in [3.8, 4) is 0 Å². The maximum atomic E-state index is 12.9. The predicted octanol–water partition coefficient (Wildman–Crippen LogP) is 3.93. The number of nitrogens with one attached hydrogen (secondary N) is 1. The fourth-order valence-corrected chi connectivity index (χ4v) is 3.22. The zero-order valence-electron chi connectivity index (χ0n) is 14.8. The summed E-state index contributed by atoms with van der Waals surface area (Å²) in [4.78, 5) is 21.8. The molecule has 0 fully saturated rings. The van der Waals surface area contributed by atoms with E-state index >= 15 is 0 Å². The second-order valence-electron chi connectivity index (χ2n) is 6.05. The van der Waals surface area contributed by atoms with Crippen molar-refractivity contribution >= 4 is 40.7 Å². The van der Waals surface area contributed by atoms with Crippen LogP contribution in [0.4, 0.5) is 38.0 Å².